The van der Waals surface area contributed by atoms with E-state index in [0.29, 0.717) is 17.0 Å². The minimum absolute atomic E-state index is 0.0246. The number of anilines is 2. The number of amides is 3. The highest BCUT2D eigenvalue weighted by Crippen LogP contribution is 2.33. The summed E-state index contributed by atoms with van der Waals surface area (Å²) in [4.78, 5) is 28.9. The predicted octanol–water partition coefficient (Wildman–Crippen LogP) is 1.05. The largest absolute Gasteiger partial charge is 0.501 e. The number of hydrogen-bond donors (Lipinski definition) is 3. The zero-order valence-electron chi connectivity index (χ0n) is 16.6. The zero-order chi connectivity index (χ0) is 24.8. The van der Waals surface area contributed by atoms with Gasteiger partial charge in [0.05, 0.1) is 22.5 Å². The predicted molar refractivity (Wildman–Crippen MR) is 109 cm³/mol. The van der Waals surface area contributed by atoms with Crippen LogP contribution in [0.4, 0.5) is 29.3 Å². The molecule has 1 unspecified atom stereocenters. The first-order valence-corrected chi connectivity index (χ1v) is 11.9. The number of hydrogen-bond acceptors (Lipinski definition) is 7. The zero-order valence-corrected chi connectivity index (χ0v) is 18.3. The highest BCUT2D eigenvalue weighted by Gasteiger charge is 2.49. The van der Waals surface area contributed by atoms with Crippen LogP contribution in [-0.2, 0) is 31.3 Å². The highest BCUT2D eigenvalue weighted by atomic mass is 32.2. The van der Waals surface area contributed by atoms with Gasteiger partial charge < -0.3 is 5.32 Å². The van der Waals surface area contributed by atoms with Crippen LogP contribution in [0.2, 0.25) is 0 Å². The Balaban J connectivity index is 1.90. The fourth-order valence-electron chi connectivity index (χ4n) is 3.15. The Morgan fingerprint density at radius 2 is 1.73 bits per heavy atom. The number of nitrogens with zero attached hydrogens (tertiary/aromatic N) is 2. The van der Waals surface area contributed by atoms with E-state index in [1.54, 1.807) is 0 Å². The molecule has 3 amide bonds. The maximum absolute atomic E-state index is 13.0. The molecule has 2 aromatic rings. The third-order valence-electron chi connectivity index (χ3n) is 4.68. The van der Waals surface area contributed by atoms with Crippen LogP contribution >= 0.6 is 0 Å². The SMILES string of the molecule is CC1(Cc2ccncc2NS(N)(=O)=O)NC(=O)N(c2ccc(S(=O)(=O)C(F)(F)F)cc2)C1=O. The lowest BCUT2D eigenvalue weighted by Gasteiger charge is -2.23. The smallest absolute Gasteiger partial charge is 0.323 e. The van der Waals surface area contributed by atoms with E-state index < -0.39 is 47.9 Å². The van der Waals surface area contributed by atoms with Crippen LogP contribution in [0.5, 0.6) is 0 Å². The molecule has 1 atom stereocenters. The first kappa shape index (κ1) is 24.4. The average Bonchev–Trinajstić information content (AvgIpc) is 2.90. The van der Waals surface area contributed by atoms with E-state index in [1.165, 1.54) is 19.2 Å². The van der Waals surface area contributed by atoms with Gasteiger partial charge in [0.2, 0.25) is 0 Å². The summed E-state index contributed by atoms with van der Waals surface area (Å²) in [5.74, 6) is -0.808. The first-order valence-electron chi connectivity index (χ1n) is 8.87. The van der Waals surface area contributed by atoms with Gasteiger partial charge >= 0.3 is 11.5 Å². The van der Waals surface area contributed by atoms with Gasteiger partial charge in [-0.05, 0) is 42.8 Å². The molecule has 0 spiro atoms. The van der Waals surface area contributed by atoms with Crippen LogP contribution in [-0.4, -0.2) is 44.8 Å². The number of halogens is 3. The molecule has 3 rings (SSSR count). The van der Waals surface area contributed by atoms with E-state index in [9.17, 15) is 39.6 Å². The van der Waals surface area contributed by atoms with Gasteiger partial charge in [-0.1, -0.05) is 0 Å². The molecule has 1 aliphatic heterocycles. The van der Waals surface area contributed by atoms with Gasteiger partial charge in [0.1, 0.15) is 5.54 Å². The Kier molecular flexibility index (Phi) is 5.89. The number of alkyl halides is 3. The Labute approximate surface area is 185 Å². The van der Waals surface area contributed by atoms with Crippen LogP contribution < -0.4 is 20.1 Å². The van der Waals surface area contributed by atoms with Crippen molar-refractivity contribution < 1.29 is 39.6 Å². The van der Waals surface area contributed by atoms with E-state index in [1.807, 2.05) is 4.72 Å². The van der Waals surface area contributed by atoms with Crippen molar-refractivity contribution in [3.63, 3.8) is 0 Å². The number of benzene rings is 1. The third kappa shape index (κ3) is 4.76. The van der Waals surface area contributed by atoms with E-state index >= 15 is 0 Å². The Hall–Kier alpha value is -3.24. The second kappa shape index (κ2) is 7.96. The molecule has 0 aliphatic carbocycles. The van der Waals surface area contributed by atoms with Crippen LogP contribution in [0.1, 0.15) is 12.5 Å². The Morgan fingerprint density at radius 1 is 1.12 bits per heavy atom. The lowest BCUT2D eigenvalue weighted by Crippen LogP contribution is -2.46. The van der Waals surface area contributed by atoms with Gasteiger partial charge in [-0.3, -0.25) is 14.5 Å². The number of sulfone groups is 1. The summed E-state index contributed by atoms with van der Waals surface area (Å²) in [6.07, 6.45) is 2.28. The van der Waals surface area contributed by atoms with Crippen molar-refractivity contribution in [3.05, 3.63) is 48.3 Å². The van der Waals surface area contributed by atoms with Crippen LogP contribution in [0.15, 0.2) is 47.6 Å². The Morgan fingerprint density at radius 3 is 2.27 bits per heavy atom. The minimum Gasteiger partial charge on any atom is -0.323 e. The molecule has 33 heavy (non-hydrogen) atoms. The highest BCUT2D eigenvalue weighted by molar-refractivity contribution is 7.92. The third-order valence-corrected chi connectivity index (χ3v) is 6.69. The number of carbonyl (C=O) groups is 2. The van der Waals surface area contributed by atoms with Crippen molar-refractivity contribution in [2.24, 2.45) is 5.14 Å². The molecule has 1 saturated heterocycles. The molecule has 0 saturated carbocycles. The second-order valence-corrected chi connectivity index (χ2v) is 10.4. The first-order chi connectivity index (χ1) is 15.1. The Bertz CT molecular complexity index is 1330. The quantitative estimate of drug-likeness (QED) is 0.491. The average molecular weight is 507 g/mol. The van der Waals surface area contributed by atoms with E-state index in [-0.39, 0.29) is 23.4 Å². The summed E-state index contributed by atoms with van der Waals surface area (Å²) < 4.78 is 85.9. The molecule has 2 heterocycles. The molecule has 0 radical (unpaired) electrons. The lowest BCUT2D eigenvalue weighted by molar-refractivity contribution is -0.121. The molecule has 178 valence electrons. The number of imide groups is 1. The van der Waals surface area contributed by atoms with Crippen molar-refractivity contribution in [1.29, 1.82) is 0 Å². The maximum Gasteiger partial charge on any atom is 0.501 e. The maximum atomic E-state index is 13.0. The van der Waals surface area contributed by atoms with Gasteiger partial charge in [0.25, 0.3) is 26.0 Å². The molecule has 11 nitrogen and oxygen atoms in total. The van der Waals surface area contributed by atoms with E-state index in [0.717, 1.165) is 18.3 Å². The van der Waals surface area contributed by atoms with Crippen molar-refractivity contribution >= 4 is 43.4 Å². The van der Waals surface area contributed by atoms with E-state index in [4.69, 9.17) is 5.14 Å². The second-order valence-electron chi connectivity index (χ2n) is 7.20. The van der Waals surface area contributed by atoms with Gasteiger partial charge in [0.15, 0.2) is 0 Å². The molecule has 1 aromatic carbocycles. The molecule has 1 aromatic heterocycles. The molecule has 0 bridgehead atoms. The summed E-state index contributed by atoms with van der Waals surface area (Å²) in [6.45, 7) is 1.36. The minimum atomic E-state index is -5.60. The number of nitrogens with one attached hydrogen (secondary N) is 2. The summed E-state index contributed by atoms with van der Waals surface area (Å²) in [5, 5.41) is 7.42. The van der Waals surface area contributed by atoms with Gasteiger partial charge in [-0.2, -0.15) is 21.6 Å². The number of urea groups is 1. The number of carbonyl (C=O) groups excluding carboxylic acids is 2. The summed E-state index contributed by atoms with van der Waals surface area (Å²) in [5.41, 5.74) is -7.02. The molecule has 1 aliphatic rings. The lowest BCUT2D eigenvalue weighted by atomic mass is 9.92. The van der Waals surface area contributed by atoms with Crippen LogP contribution in [0.3, 0.4) is 0 Å². The molecular formula is C17H16F3N5O6S2. The van der Waals surface area contributed by atoms with Crippen LogP contribution in [0.25, 0.3) is 0 Å². The standard InChI is InChI=1S/C17H16F3N5O6S2/c1-16(8-10-6-7-22-9-13(10)24-33(21,30)31)14(26)25(15(27)23-16)11-2-4-12(5-3-11)32(28,29)17(18,19)20/h2-7,9,24H,8H2,1H3,(H,23,27)(H2,21,30,31). The van der Waals surface area contributed by atoms with Gasteiger partial charge in [0, 0.05) is 12.6 Å². The van der Waals surface area contributed by atoms with Crippen molar-refractivity contribution in [3.8, 4) is 0 Å². The molecule has 16 heteroatoms. The van der Waals surface area contributed by atoms with Crippen LogP contribution in [0, 0.1) is 0 Å². The number of nitrogens with two attached hydrogens (primary N) is 1. The fraction of sp³-hybridized carbons (Fsp3) is 0.235. The van der Waals surface area contributed by atoms with E-state index in [2.05, 4.69) is 10.3 Å². The summed E-state index contributed by atoms with van der Waals surface area (Å²) >= 11 is 0. The number of rotatable bonds is 6. The monoisotopic (exact) mass is 507 g/mol. The number of pyridine rings is 1. The number of aromatic nitrogens is 1. The van der Waals surface area contributed by atoms with Gasteiger partial charge in [-0.25, -0.2) is 23.3 Å². The van der Waals surface area contributed by atoms with Crippen molar-refractivity contribution in [1.82, 2.24) is 10.3 Å². The van der Waals surface area contributed by atoms with Crippen molar-refractivity contribution in [2.45, 2.75) is 29.3 Å². The summed E-state index contributed by atoms with van der Waals surface area (Å²) in [6, 6.07) is 3.53. The molecule has 1 fully saturated rings. The topological polar surface area (TPSA) is 169 Å². The fourth-order valence-corrected chi connectivity index (χ4v) is 4.40. The normalized spacial score (nSPS) is 19.5. The van der Waals surface area contributed by atoms with Crippen molar-refractivity contribution in [2.75, 3.05) is 9.62 Å². The van der Waals surface area contributed by atoms with Gasteiger partial charge in [-0.15, -0.1) is 0 Å². The molecular weight excluding hydrogens is 491 g/mol. The molecule has 4 N–H and O–H groups in total. The summed E-state index contributed by atoms with van der Waals surface area (Å²) in [7, 11) is -9.76.